The van der Waals surface area contributed by atoms with E-state index in [1.165, 1.54) is 0 Å². The lowest BCUT2D eigenvalue weighted by Crippen LogP contribution is -2.20. The van der Waals surface area contributed by atoms with Gasteiger partial charge in [0.1, 0.15) is 5.76 Å². The molecular weight excluding hydrogens is 244 g/mol. The van der Waals surface area contributed by atoms with Gasteiger partial charge in [-0.25, -0.2) is 4.98 Å². The largest absolute Gasteiger partial charge is 0.458 e. The van der Waals surface area contributed by atoms with Crippen molar-refractivity contribution in [2.45, 2.75) is 19.8 Å². The molecule has 2 aromatic heterocycles. The van der Waals surface area contributed by atoms with E-state index in [1.54, 1.807) is 13.3 Å². The van der Waals surface area contributed by atoms with Crippen LogP contribution < -0.4 is 5.32 Å². The summed E-state index contributed by atoms with van der Waals surface area (Å²) in [6.45, 7) is 4.45. The smallest absolute Gasteiger partial charge is 0.195 e. The van der Waals surface area contributed by atoms with E-state index in [1.807, 2.05) is 19.1 Å². The molecule has 2 aromatic rings. The van der Waals surface area contributed by atoms with Crippen molar-refractivity contribution in [2.75, 3.05) is 26.8 Å². The molecule has 0 aliphatic heterocycles. The number of oxazole rings is 1. The third kappa shape index (κ3) is 4.22. The molecule has 2 heterocycles. The Kier molecular flexibility index (Phi) is 5.18. The molecule has 5 nitrogen and oxygen atoms in total. The molecule has 1 N–H and O–H groups in total. The summed E-state index contributed by atoms with van der Waals surface area (Å²) < 4.78 is 16.1. The van der Waals surface area contributed by atoms with Crippen LogP contribution in [0.1, 0.15) is 18.1 Å². The minimum absolute atomic E-state index is 0.690. The highest BCUT2D eigenvalue weighted by atomic mass is 16.5. The first-order valence-electron chi connectivity index (χ1n) is 6.51. The second-order valence-electron chi connectivity index (χ2n) is 4.37. The van der Waals surface area contributed by atoms with Gasteiger partial charge < -0.3 is 18.9 Å². The minimum atomic E-state index is 0.690. The fourth-order valence-electron chi connectivity index (χ4n) is 1.77. The van der Waals surface area contributed by atoms with Gasteiger partial charge in [-0.15, -0.1) is 0 Å². The molecule has 0 spiro atoms. The number of rotatable bonds is 8. The van der Waals surface area contributed by atoms with E-state index < -0.39 is 0 Å². The fourth-order valence-corrected chi connectivity index (χ4v) is 1.77. The number of hydrogen-bond acceptors (Lipinski definition) is 5. The Morgan fingerprint density at radius 2 is 2.11 bits per heavy atom. The maximum Gasteiger partial charge on any atom is 0.195 e. The lowest BCUT2D eigenvalue weighted by Gasteiger charge is -2.01. The summed E-state index contributed by atoms with van der Waals surface area (Å²) in [5.74, 6) is 3.04. The normalized spacial score (nSPS) is 11.1. The molecule has 0 fully saturated rings. The van der Waals surface area contributed by atoms with Crippen molar-refractivity contribution in [3.63, 3.8) is 0 Å². The van der Waals surface area contributed by atoms with Crippen molar-refractivity contribution >= 4 is 0 Å². The van der Waals surface area contributed by atoms with Crippen LogP contribution in [0.4, 0.5) is 0 Å². The molecule has 0 aromatic carbocycles. The Balaban J connectivity index is 1.75. The van der Waals surface area contributed by atoms with Crippen LogP contribution in [0.5, 0.6) is 0 Å². The van der Waals surface area contributed by atoms with E-state index in [-0.39, 0.29) is 0 Å². The van der Waals surface area contributed by atoms with Crippen LogP contribution >= 0.6 is 0 Å². The number of hydrogen-bond donors (Lipinski definition) is 1. The molecular formula is C14H20N2O3. The first-order valence-corrected chi connectivity index (χ1v) is 6.51. The highest BCUT2D eigenvalue weighted by molar-refractivity contribution is 5.48. The Morgan fingerprint density at radius 1 is 1.21 bits per heavy atom. The van der Waals surface area contributed by atoms with Gasteiger partial charge in [-0.2, -0.15) is 0 Å². The molecule has 0 atom stereocenters. The van der Waals surface area contributed by atoms with Crippen molar-refractivity contribution in [3.8, 4) is 11.5 Å². The van der Waals surface area contributed by atoms with E-state index in [0.29, 0.717) is 5.76 Å². The maximum absolute atomic E-state index is 5.65. The second kappa shape index (κ2) is 7.11. The zero-order chi connectivity index (χ0) is 13.5. The molecule has 0 aliphatic rings. The monoisotopic (exact) mass is 264 g/mol. The summed E-state index contributed by atoms with van der Waals surface area (Å²) in [6, 6.07) is 3.81. The number of methoxy groups -OCH3 is 1. The number of nitrogens with zero attached hydrogens (tertiary/aromatic N) is 1. The molecule has 19 heavy (non-hydrogen) atoms. The first-order chi connectivity index (χ1) is 9.29. The van der Waals surface area contributed by atoms with Gasteiger partial charge in [0.15, 0.2) is 17.4 Å². The van der Waals surface area contributed by atoms with Gasteiger partial charge in [0.05, 0.1) is 12.8 Å². The summed E-state index contributed by atoms with van der Waals surface area (Å²) in [7, 11) is 1.70. The molecule has 5 heteroatoms. The fraction of sp³-hybridized carbons (Fsp3) is 0.500. The van der Waals surface area contributed by atoms with Crippen LogP contribution in [0.2, 0.25) is 0 Å². The lowest BCUT2D eigenvalue weighted by molar-refractivity contribution is 0.199. The van der Waals surface area contributed by atoms with Crippen LogP contribution in [0, 0.1) is 6.92 Å². The predicted molar refractivity (Wildman–Crippen MR) is 72.0 cm³/mol. The molecule has 0 saturated carbocycles. The molecule has 0 amide bonds. The Morgan fingerprint density at radius 3 is 2.84 bits per heavy atom. The average Bonchev–Trinajstić information content (AvgIpc) is 3.02. The zero-order valence-corrected chi connectivity index (χ0v) is 11.4. The van der Waals surface area contributed by atoms with Gasteiger partial charge in [0.2, 0.25) is 0 Å². The molecule has 0 saturated heterocycles. The topological polar surface area (TPSA) is 60.4 Å². The van der Waals surface area contributed by atoms with Crippen LogP contribution in [-0.2, 0) is 11.2 Å². The van der Waals surface area contributed by atoms with Gasteiger partial charge in [-0.1, -0.05) is 0 Å². The summed E-state index contributed by atoms with van der Waals surface area (Å²) >= 11 is 0. The van der Waals surface area contributed by atoms with Crippen LogP contribution in [0.3, 0.4) is 0 Å². The number of furan rings is 1. The van der Waals surface area contributed by atoms with E-state index in [4.69, 9.17) is 13.6 Å². The first kappa shape index (κ1) is 13.8. The van der Waals surface area contributed by atoms with Crippen molar-refractivity contribution in [3.05, 3.63) is 30.0 Å². The lowest BCUT2D eigenvalue weighted by atomic mass is 10.3. The van der Waals surface area contributed by atoms with Crippen LogP contribution in [-0.4, -0.2) is 31.8 Å². The third-order valence-electron chi connectivity index (χ3n) is 2.76. The predicted octanol–water partition coefficient (Wildman–Crippen LogP) is 2.41. The van der Waals surface area contributed by atoms with E-state index >= 15 is 0 Å². The van der Waals surface area contributed by atoms with Gasteiger partial charge in [-0.05, 0) is 32.0 Å². The highest BCUT2D eigenvalue weighted by Crippen LogP contribution is 2.22. The van der Waals surface area contributed by atoms with Crippen LogP contribution in [0.15, 0.2) is 27.2 Å². The summed E-state index contributed by atoms with van der Waals surface area (Å²) in [4.78, 5) is 4.26. The average molecular weight is 264 g/mol. The Bertz CT molecular complexity index is 490. The molecule has 104 valence electrons. The van der Waals surface area contributed by atoms with Gasteiger partial charge >= 0.3 is 0 Å². The number of aromatic nitrogens is 1. The highest BCUT2D eigenvalue weighted by Gasteiger charge is 2.09. The van der Waals surface area contributed by atoms with Gasteiger partial charge in [0, 0.05) is 20.1 Å². The number of nitrogens with one attached hydrogen (secondary N) is 1. The SMILES string of the molecule is COCCNCCCc1ncc(-c2ccc(C)o2)o1. The molecule has 2 rings (SSSR count). The number of aryl methyl sites for hydroxylation is 2. The van der Waals surface area contributed by atoms with Gasteiger partial charge in [0.25, 0.3) is 0 Å². The standard InChI is InChI=1S/C14H20N2O3/c1-11-5-6-12(18-11)13-10-16-14(19-13)4-3-7-15-8-9-17-2/h5-6,10,15H,3-4,7-9H2,1-2H3. The summed E-state index contributed by atoms with van der Waals surface area (Å²) in [5.41, 5.74) is 0. The minimum Gasteiger partial charge on any atom is -0.458 e. The maximum atomic E-state index is 5.65. The Hall–Kier alpha value is -1.59. The summed E-state index contributed by atoms with van der Waals surface area (Å²) in [6.07, 6.45) is 3.52. The quantitative estimate of drug-likeness (QED) is 0.742. The van der Waals surface area contributed by atoms with Crippen molar-refractivity contribution in [1.82, 2.24) is 10.3 Å². The van der Waals surface area contributed by atoms with E-state index in [0.717, 1.165) is 49.9 Å². The van der Waals surface area contributed by atoms with Crippen molar-refractivity contribution in [1.29, 1.82) is 0 Å². The third-order valence-corrected chi connectivity index (χ3v) is 2.76. The zero-order valence-electron chi connectivity index (χ0n) is 11.4. The molecule has 0 unspecified atom stereocenters. The van der Waals surface area contributed by atoms with Crippen molar-refractivity contribution < 1.29 is 13.6 Å². The summed E-state index contributed by atoms with van der Waals surface area (Å²) in [5, 5.41) is 3.29. The molecule has 0 bridgehead atoms. The van der Waals surface area contributed by atoms with Crippen LogP contribution in [0.25, 0.3) is 11.5 Å². The second-order valence-corrected chi connectivity index (χ2v) is 4.37. The van der Waals surface area contributed by atoms with Crippen molar-refractivity contribution in [2.24, 2.45) is 0 Å². The number of ether oxygens (including phenoxy) is 1. The Labute approximate surface area is 113 Å². The van der Waals surface area contributed by atoms with E-state index in [2.05, 4.69) is 10.3 Å². The van der Waals surface area contributed by atoms with Gasteiger partial charge in [-0.3, -0.25) is 0 Å². The molecule has 0 radical (unpaired) electrons. The molecule has 0 aliphatic carbocycles. The van der Waals surface area contributed by atoms with E-state index in [9.17, 15) is 0 Å².